The van der Waals surface area contributed by atoms with Gasteiger partial charge in [0, 0.05) is 6.54 Å². The van der Waals surface area contributed by atoms with Crippen LogP contribution in [0.4, 0.5) is 0 Å². The molecule has 2 N–H and O–H groups in total. The Labute approximate surface area is 130 Å². The normalized spacial score (nSPS) is 12.3. The molecule has 0 amide bonds. The average Bonchev–Trinajstić information content (AvgIpc) is 2.80. The van der Waals surface area contributed by atoms with Crippen molar-refractivity contribution in [3.8, 4) is 11.4 Å². The molecule has 2 rings (SSSR count). The Morgan fingerprint density at radius 1 is 1.40 bits per heavy atom. The third-order valence-corrected chi connectivity index (χ3v) is 4.72. The van der Waals surface area contributed by atoms with E-state index in [9.17, 15) is 8.42 Å². The molecule has 0 aromatic carbocycles. The van der Waals surface area contributed by atoms with Crippen LogP contribution in [0.5, 0.6) is 0 Å². The van der Waals surface area contributed by atoms with Crippen LogP contribution in [-0.2, 0) is 16.6 Å². The van der Waals surface area contributed by atoms with Crippen molar-refractivity contribution >= 4 is 44.6 Å². The molecule has 110 valence electrons. The maximum Gasteiger partial charge on any atom is 0.273 e. The molecule has 2 heterocycles. The molecule has 6 nitrogen and oxygen atoms in total. The number of nitrogens with two attached hydrogens (primary N) is 1. The molecule has 0 bridgehead atoms. The zero-order chi connectivity index (χ0) is 15.1. The Bertz CT molecular complexity index is 737. The fraction of sp³-hybridized carbons (Fsp3) is 0.400. The van der Waals surface area contributed by atoms with Crippen LogP contribution in [0.1, 0.15) is 13.8 Å². The lowest BCUT2D eigenvalue weighted by atomic mass is 10.2. The van der Waals surface area contributed by atoms with E-state index >= 15 is 0 Å². The number of aromatic nitrogens is 3. The van der Waals surface area contributed by atoms with Gasteiger partial charge < -0.3 is 0 Å². The maximum absolute atomic E-state index is 11.6. The number of nitrogens with zero attached hydrogens (tertiary/aromatic N) is 3. The second-order valence-corrected chi connectivity index (χ2v) is 8.33. The van der Waals surface area contributed by atoms with E-state index in [-0.39, 0.29) is 11.1 Å². The van der Waals surface area contributed by atoms with Gasteiger partial charge in [0.1, 0.15) is 4.34 Å². The van der Waals surface area contributed by atoms with Crippen molar-refractivity contribution in [2.45, 2.75) is 25.5 Å². The van der Waals surface area contributed by atoms with Crippen LogP contribution in [0.25, 0.3) is 11.4 Å². The van der Waals surface area contributed by atoms with Gasteiger partial charge in [0.2, 0.25) is 0 Å². The van der Waals surface area contributed by atoms with Crippen molar-refractivity contribution in [3.05, 3.63) is 14.7 Å². The molecular weight excluding hydrogens is 343 g/mol. The van der Waals surface area contributed by atoms with Gasteiger partial charge in [-0.05, 0) is 12.0 Å². The van der Waals surface area contributed by atoms with Crippen LogP contribution in [0.3, 0.4) is 0 Å². The van der Waals surface area contributed by atoms with Crippen molar-refractivity contribution in [1.82, 2.24) is 14.8 Å². The standard InChI is InChI=1S/C10H12Cl2N4O2S2/c1-5(2)4-16-9(6-3-7(11)19-8(6)12)14-15-10(16)20(13,17)18/h3,5H,4H2,1-2H3,(H2,13,17,18). The van der Waals surface area contributed by atoms with E-state index in [0.29, 0.717) is 26.6 Å². The highest BCUT2D eigenvalue weighted by Crippen LogP contribution is 2.37. The largest absolute Gasteiger partial charge is 0.296 e. The first-order valence-electron chi connectivity index (χ1n) is 5.61. The minimum atomic E-state index is -3.96. The monoisotopic (exact) mass is 354 g/mol. The van der Waals surface area contributed by atoms with E-state index in [1.165, 1.54) is 15.9 Å². The SMILES string of the molecule is CC(C)Cn1c(-c2cc(Cl)sc2Cl)nnc1S(N)(=O)=O. The Balaban J connectivity index is 2.65. The molecule has 20 heavy (non-hydrogen) atoms. The molecule has 2 aromatic rings. The van der Waals surface area contributed by atoms with Gasteiger partial charge >= 0.3 is 0 Å². The summed E-state index contributed by atoms with van der Waals surface area (Å²) in [7, 11) is -3.96. The van der Waals surface area contributed by atoms with E-state index in [2.05, 4.69) is 10.2 Å². The number of primary sulfonamides is 1. The summed E-state index contributed by atoms with van der Waals surface area (Å²) in [5, 5.41) is 12.4. The Morgan fingerprint density at radius 3 is 2.50 bits per heavy atom. The summed E-state index contributed by atoms with van der Waals surface area (Å²) in [5.74, 6) is 0.522. The minimum absolute atomic E-state index is 0.179. The zero-order valence-corrected chi connectivity index (χ0v) is 13.8. The van der Waals surface area contributed by atoms with Gasteiger partial charge in [-0.25, -0.2) is 13.6 Å². The lowest BCUT2D eigenvalue weighted by Crippen LogP contribution is -2.20. The number of hydrogen-bond acceptors (Lipinski definition) is 5. The van der Waals surface area contributed by atoms with Crippen LogP contribution < -0.4 is 5.14 Å². The summed E-state index contributed by atoms with van der Waals surface area (Å²) in [6.07, 6.45) is 0. The summed E-state index contributed by atoms with van der Waals surface area (Å²) in [6.45, 7) is 4.29. The highest BCUT2D eigenvalue weighted by molar-refractivity contribution is 7.89. The van der Waals surface area contributed by atoms with E-state index in [4.69, 9.17) is 28.3 Å². The fourth-order valence-electron chi connectivity index (χ4n) is 1.72. The summed E-state index contributed by atoms with van der Waals surface area (Å²) in [5.41, 5.74) is 0.546. The van der Waals surface area contributed by atoms with E-state index in [1.807, 2.05) is 13.8 Å². The second kappa shape index (κ2) is 5.61. The van der Waals surface area contributed by atoms with Crippen LogP contribution in [0.15, 0.2) is 11.2 Å². The molecule has 0 unspecified atom stereocenters. The van der Waals surface area contributed by atoms with Crippen molar-refractivity contribution in [3.63, 3.8) is 0 Å². The van der Waals surface area contributed by atoms with Crippen LogP contribution in [-0.4, -0.2) is 23.2 Å². The van der Waals surface area contributed by atoms with Crippen molar-refractivity contribution in [2.24, 2.45) is 11.1 Å². The first-order chi connectivity index (χ1) is 9.20. The molecule has 0 spiro atoms. The summed E-state index contributed by atoms with van der Waals surface area (Å²) in [4.78, 5) is 0. The maximum atomic E-state index is 11.6. The van der Waals surface area contributed by atoms with Gasteiger partial charge in [0.15, 0.2) is 5.82 Å². The van der Waals surface area contributed by atoms with Gasteiger partial charge in [0.05, 0.1) is 9.90 Å². The van der Waals surface area contributed by atoms with E-state index in [0.717, 1.165) is 0 Å². The molecule has 0 atom stereocenters. The number of hydrogen-bond donors (Lipinski definition) is 1. The molecule has 2 aromatic heterocycles. The fourth-order valence-corrected chi connectivity index (χ4v) is 3.80. The second-order valence-electron chi connectivity index (χ2n) is 4.59. The Kier molecular flexibility index (Phi) is 4.41. The van der Waals surface area contributed by atoms with Crippen molar-refractivity contribution < 1.29 is 8.42 Å². The average molecular weight is 355 g/mol. The number of halogens is 2. The lowest BCUT2D eigenvalue weighted by Gasteiger charge is -2.11. The molecule has 0 radical (unpaired) electrons. The molecule has 0 saturated heterocycles. The number of rotatable bonds is 4. The molecule has 0 saturated carbocycles. The molecule has 0 aliphatic rings. The van der Waals surface area contributed by atoms with E-state index < -0.39 is 10.0 Å². The van der Waals surface area contributed by atoms with Gasteiger partial charge in [0.25, 0.3) is 15.2 Å². The van der Waals surface area contributed by atoms with Gasteiger partial charge in [-0.15, -0.1) is 21.5 Å². The first kappa shape index (κ1) is 15.7. The summed E-state index contributed by atoms with van der Waals surface area (Å²) in [6, 6.07) is 1.63. The first-order valence-corrected chi connectivity index (χ1v) is 8.73. The highest BCUT2D eigenvalue weighted by atomic mass is 35.5. The lowest BCUT2D eigenvalue weighted by molar-refractivity contribution is 0.486. The molecular formula is C10H12Cl2N4O2S2. The number of thiophene rings is 1. The molecule has 0 aliphatic carbocycles. The Morgan fingerprint density at radius 2 is 2.05 bits per heavy atom. The minimum Gasteiger partial charge on any atom is -0.296 e. The molecule has 0 fully saturated rings. The van der Waals surface area contributed by atoms with Crippen LogP contribution in [0, 0.1) is 5.92 Å². The summed E-state index contributed by atoms with van der Waals surface area (Å²) < 4.78 is 25.5. The molecule has 10 heteroatoms. The van der Waals surface area contributed by atoms with Gasteiger partial charge in [-0.2, -0.15) is 0 Å². The van der Waals surface area contributed by atoms with Gasteiger partial charge in [-0.3, -0.25) is 4.57 Å². The summed E-state index contributed by atoms with van der Waals surface area (Å²) >= 11 is 13.2. The highest BCUT2D eigenvalue weighted by Gasteiger charge is 2.24. The topological polar surface area (TPSA) is 90.9 Å². The zero-order valence-electron chi connectivity index (χ0n) is 10.7. The van der Waals surface area contributed by atoms with Crippen LogP contribution >= 0.6 is 34.5 Å². The molecule has 0 aliphatic heterocycles. The third-order valence-electron chi connectivity index (χ3n) is 2.42. The Hall–Kier alpha value is -0.670. The quantitative estimate of drug-likeness (QED) is 0.913. The third kappa shape index (κ3) is 3.15. The van der Waals surface area contributed by atoms with E-state index in [1.54, 1.807) is 6.07 Å². The van der Waals surface area contributed by atoms with Crippen molar-refractivity contribution in [2.75, 3.05) is 0 Å². The predicted molar refractivity (Wildman–Crippen MR) is 79.6 cm³/mol. The van der Waals surface area contributed by atoms with Crippen molar-refractivity contribution in [1.29, 1.82) is 0 Å². The van der Waals surface area contributed by atoms with Crippen LogP contribution in [0.2, 0.25) is 8.67 Å². The number of sulfonamides is 1. The predicted octanol–water partition coefficient (Wildman–Crippen LogP) is 2.62. The van der Waals surface area contributed by atoms with Gasteiger partial charge in [-0.1, -0.05) is 37.0 Å². The smallest absolute Gasteiger partial charge is 0.273 e.